The molecular formula is C11H14O2. The van der Waals surface area contributed by atoms with Gasteiger partial charge in [-0.25, -0.2) is 0 Å². The molecule has 0 unspecified atom stereocenters. The van der Waals surface area contributed by atoms with Gasteiger partial charge < -0.3 is 9.84 Å². The van der Waals surface area contributed by atoms with Gasteiger partial charge >= 0.3 is 0 Å². The molecule has 1 aromatic carbocycles. The third-order valence-electron chi connectivity index (χ3n) is 2.48. The molecule has 1 N–H and O–H groups in total. The maximum Gasteiger partial charge on any atom is 0.125 e. The Morgan fingerprint density at radius 2 is 2.38 bits per heavy atom. The van der Waals surface area contributed by atoms with E-state index in [-0.39, 0.29) is 6.10 Å². The Bertz CT molecular complexity index is 307. The maximum atomic E-state index is 9.71. The second-order valence-electron chi connectivity index (χ2n) is 3.32. The van der Waals surface area contributed by atoms with E-state index < -0.39 is 0 Å². The van der Waals surface area contributed by atoms with E-state index in [9.17, 15) is 5.11 Å². The highest BCUT2D eigenvalue weighted by atomic mass is 16.5. The van der Waals surface area contributed by atoms with Crippen molar-refractivity contribution >= 4 is 0 Å². The summed E-state index contributed by atoms with van der Waals surface area (Å²) in [5.41, 5.74) is 2.24. The number of hydrogen-bond acceptors (Lipinski definition) is 2. The lowest BCUT2D eigenvalue weighted by Crippen LogP contribution is -1.99. The van der Waals surface area contributed by atoms with Gasteiger partial charge in [-0.3, -0.25) is 0 Å². The standard InChI is InChI=1S/C11H14O2/c1-2-13-10-5-3-4-8-6-7-9(12)11(8)10/h3-5,9,12H,2,6-7H2,1H3/t9-/m0/s1. The molecule has 0 aromatic heterocycles. The number of aliphatic hydroxyl groups excluding tert-OH is 1. The number of rotatable bonds is 2. The molecule has 0 bridgehead atoms. The Hall–Kier alpha value is -1.02. The smallest absolute Gasteiger partial charge is 0.125 e. The predicted molar refractivity (Wildman–Crippen MR) is 50.9 cm³/mol. The van der Waals surface area contributed by atoms with E-state index in [4.69, 9.17) is 4.74 Å². The first-order chi connectivity index (χ1) is 6.33. The molecule has 1 atom stereocenters. The number of aliphatic hydroxyl groups is 1. The van der Waals surface area contributed by atoms with Gasteiger partial charge in [0.2, 0.25) is 0 Å². The number of fused-ring (bicyclic) bond motifs is 1. The number of hydrogen-bond donors (Lipinski definition) is 1. The first-order valence-corrected chi connectivity index (χ1v) is 4.75. The lowest BCUT2D eigenvalue weighted by Gasteiger charge is -2.11. The summed E-state index contributed by atoms with van der Waals surface area (Å²) in [6.45, 7) is 2.61. The van der Waals surface area contributed by atoms with Crippen molar-refractivity contribution in [2.75, 3.05) is 6.61 Å². The van der Waals surface area contributed by atoms with Crippen molar-refractivity contribution < 1.29 is 9.84 Å². The van der Waals surface area contributed by atoms with Gasteiger partial charge in [0, 0.05) is 5.56 Å². The minimum absolute atomic E-state index is 0.322. The van der Waals surface area contributed by atoms with Gasteiger partial charge in [0.25, 0.3) is 0 Å². The third-order valence-corrected chi connectivity index (χ3v) is 2.48. The minimum Gasteiger partial charge on any atom is -0.493 e. The van der Waals surface area contributed by atoms with Crippen molar-refractivity contribution in [1.82, 2.24) is 0 Å². The summed E-state index contributed by atoms with van der Waals surface area (Å²) >= 11 is 0. The quantitative estimate of drug-likeness (QED) is 0.751. The van der Waals surface area contributed by atoms with E-state index in [2.05, 4.69) is 6.07 Å². The first kappa shape index (κ1) is 8.57. The summed E-state index contributed by atoms with van der Waals surface area (Å²) in [6.07, 6.45) is 1.48. The van der Waals surface area contributed by atoms with Gasteiger partial charge in [-0.15, -0.1) is 0 Å². The molecule has 0 radical (unpaired) electrons. The van der Waals surface area contributed by atoms with E-state index in [1.54, 1.807) is 0 Å². The molecule has 0 fully saturated rings. The van der Waals surface area contributed by atoms with Crippen LogP contribution >= 0.6 is 0 Å². The van der Waals surface area contributed by atoms with Crippen LogP contribution in [0.5, 0.6) is 5.75 Å². The van der Waals surface area contributed by atoms with Crippen molar-refractivity contribution in [2.24, 2.45) is 0 Å². The molecule has 0 saturated heterocycles. The summed E-state index contributed by atoms with van der Waals surface area (Å²) in [5, 5.41) is 9.71. The molecule has 70 valence electrons. The van der Waals surface area contributed by atoms with E-state index >= 15 is 0 Å². The fraction of sp³-hybridized carbons (Fsp3) is 0.455. The minimum atomic E-state index is -0.322. The third kappa shape index (κ3) is 1.42. The summed E-state index contributed by atoms with van der Waals surface area (Å²) in [4.78, 5) is 0. The topological polar surface area (TPSA) is 29.5 Å². The Balaban J connectivity index is 2.41. The Kier molecular flexibility index (Phi) is 2.23. The maximum absolute atomic E-state index is 9.71. The van der Waals surface area contributed by atoms with Crippen molar-refractivity contribution in [3.63, 3.8) is 0 Å². The monoisotopic (exact) mass is 178 g/mol. The zero-order valence-electron chi connectivity index (χ0n) is 7.79. The SMILES string of the molecule is CCOc1cccc2c1[C@@H](O)CC2. The van der Waals surface area contributed by atoms with Gasteiger partial charge in [-0.2, -0.15) is 0 Å². The number of benzene rings is 1. The second kappa shape index (κ2) is 3.38. The summed E-state index contributed by atoms with van der Waals surface area (Å²) in [6, 6.07) is 5.98. The van der Waals surface area contributed by atoms with E-state index in [0.29, 0.717) is 6.61 Å². The van der Waals surface area contributed by atoms with Crippen molar-refractivity contribution in [3.05, 3.63) is 29.3 Å². The van der Waals surface area contributed by atoms with Gasteiger partial charge in [-0.1, -0.05) is 12.1 Å². The largest absolute Gasteiger partial charge is 0.493 e. The fourth-order valence-electron chi connectivity index (χ4n) is 1.90. The van der Waals surface area contributed by atoms with Crippen LogP contribution in [0.25, 0.3) is 0 Å². The van der Waals surface area contributed by atoms with Crippen LogP contribution < -0.4 is 4.74 Å². The Morgan fingerprint density at radius 3 is 3.15 bits per heavy atom. The zero-order chi connectivity index (χ0) is 9.26. The van der Waals surface area contributed by atoms with Crippen LogP contribution in [-0.2, 0) is 6.42 Å². The highest BCUT2D eigenvalue weighted by Crippen LogP contribution is 2.37. The molecule has 1 aromatic rings. The summed E-state index contributed by atoms with van der Waals surface area (Å²) in [7, 11) is 0. The highest BCUT2D eigenvalue weighted by Gasteiger charge is 2.23. The van der Waals surface area contributed by atoms with Crippen LogP contribution in [0.1, 0.15) is 30.6 Å². The highest BCUT2D eigenvalue weighted by molar-refractivity contribution is 5.44. The molecule has 0 saturated carbocycles. The van der Waals surface area contributed by atoms with Gasteiger partial charge in [0.05, 0.1) is 12.7 Å². The molecule has 2 heteroatoms. The molecule has 2 nitrogen and oxygen atoms in total. The lowest BCUT2D eigenvalue weighted by molar-refractivity contribution is 0.174. The van der Waals surface area contributed by atoms with Crippen molar-refractivity contribution in [2.45, 2.75) is 25.9 Å². The molecule has 0 amide bonds. The van der Waals surface area contributed by atoms with Crippen LogP contribution in [0.15, 0.2) is 18.2 Å². The average Bonchev–Trinajstić information content (AvgIpc) is 2.50. The lowest BCUT2D eigenvalue weighted by atomic mass is 10.1. The molecule has 1 aliphatic carbocycles. The fourth-order valence-corrected chi connectivity index (χ4v) is 1.90. The number of ether oxygens (including phenoxy) is 1. The van der Waals surface area contributed by atoms with Crippen LogP contribution in [0.2, 0.25) is 0 Å². The van der Waals surface area contributed by atoms with Crippen LogP contribution in [0, 0.1) is 0 Å². The zero-order valence-corrected chi connectivity index (χ0v) is 7.79. The van der Waals surface area contributed by atoms with E-state index in [1.165, 1.54) is 5.56 Å². The van der Waals surface area contributed by atoms with Gasteiger partial charge in [0.15, 0.2) is 0 Å². The predicted octanol–water partition coefficient (Wildman–Crippen LogP) is 2.06. The number of aryl methyl sites for hydroxylation is 1. The molecular weight excluding hydrogens is 164 g/mol. The van der Waals surface area contributed by atoms with Crippen molar-refractivity contribution in [1.29, 1.82) is 0 Å². The van der Waals surface area contributed by atoms with Crippen molar-refractivity contribution in [3.8, 4) is 5.75 Å². The van der Waals surface area contributed by atoms with Crippen LogP contribution in [-0.4, -0.2) is 11.7 Å². The summed E-state index contributed by atoms with van der Waals surface area (Å²) < 4.78 is 5.46. The van der Waals surface area contributed by atoms with Crippen LogP contribution in [0.4, 0.5) is 0 Å². The molecule has 2 rings (SSSR count). The normalized spacial score (nSPS) is 20.0. The molecule has 0 spiro atoms. The van der Waals surface area contributed by atoms with E-state index in [1.807, 2.05) is 19.1 Å². The molecule has 1 aliphatic rings. The molecule has 0 heterocycles. The first-order valence-electron chi connectivity index (χ1n) is 4.75. The Morgan fingerprint density at radius 1 is 1.54 bits per heavy atom. The van der Waals surface area contributed by atoms with E-state index in [0.717, 1.165) is 24.2 Å². The Labute approximate surface area is 78.2 Å². The average molecular weight is 178 g/mol. The summed E-state index contributed by atoms with van der Waals surface area (Å²) in [5.74, 6) is 0.852. The molecule has 13 heavy (non-hydrogen) atoms. The van der Waals surface area contributed by atoms with Gasteiger partial charge in [-0.05, 0) is 31.4 Å². The molecule has 0 aliphatic heterocycles. The second-order valence-corrected chi connectivity index (χ2v) is 3.32. The van der Waals surface area contributed by atoms with Gasteiger partial charge in [0.1, 0.15) is 5.75 Å². The van der Waals surface area contributed by atoms with Crippen LogP contribution in [0.3, 0.4) is 0 Å².